The summed E-state index contributed by atoms with van der Waals surface area (Å²) in [6, 6.07) is 5.62. The fraction of sp³-hybridized carbons (Fsp3) is 0. The third-order valence-corrected chi connectivity index (χ3v) is 2.84. The van der Waals surface area contributed by atoms with Gasteiger partial charge in [-0.15, -0.1) is 0 Å². The van der Waals surface area contributed by atoms with E-state index in [1.54, 1.807) is 32.4 Å². The molecule has 3 aromatic rings. The third kappa shape index (κ3) is 4.11. The van der Waals surface area contributed by atoms with E-state index in [2.05, 4.69) is 15.3 Å². The Labute approximate surface area is 140 Å². The second-order valence-corrected chi connectivity index (χ2v) is 4.27. The van der Waals surface area contributed by atoms with Gasteiger partial charge in [-0.3, -0.25) is 0 Å². The summed E-state index contributed by atoms with van der Waals surface area (Å²) in [5, 5.41) is 12.7. The summed E-state index contributed by atoms with van der Waals surface area (Å²) in [6.45, 7) is 0. The molecule has 1 aliphatic rings. The van der Waals surface area contributed by atoms with E-state index in [4.69, 9.17) is 0 Å². The average Bonchev–Trinajstić information content (AvgIpc) is 3.32. The van der Waals surface area contributed by atoms with Crippen LogP contribution in [0.4, 0.5) is 0 Å². The molecule has 0 amide bonds. The SMILES string of the molecule is [CH]1[CH][CH][CH][CH]1.[Co+2].c1cnn([B-](n2cccn2)n2cccn2)c1. The second kappa shape index (κ2) is 8.60. The van der Waals surface area contributed by atoms with Crippen molar-refractivity contribution in [3.63, 3.8) is 0 Å². The molecule has 0 bridgehead atoms. The number of rotatable bonds is 3. The minimum atomic E-state index is -0.194. The predicted molar refractivity (Wildman–Crippen MR) is 80.1 cm³/mol. The van der Waals surface area contributed by atoms with Crippen LogP contribution in [-0.4, -0.2) is 36.2 Å². The Bertz CT molecular complexity index is 515. The second-order valence-electron chi connectivity index (χ2n) is 4.27. The molecular formula is C14H14BCoN6+. The van der Waals surface area contributed by atoms with Gasteiger partial charge in [-0.25, -0.2) is 15.3 Å². The third-order valence-electron chi connectivity index (χ3n) is 2.84. The fourth-order valence-corrected chi connectivity index (χ4v) is 1.94. The fourth-order valence-electron chi connectivity index (χ4n) is 1.94. The molecular weight excluding hydrogens is 322 g/mol. The smallest absolute Gasteiger partial charge is 0.425 e. The molecule has 4 rings (SSSR count). The number of aromatic nitrogens is 6. The Morgan fingerprint density at radius 3 is 1.09 bits per heavy atom. The van der Waals surface area contributed by atoms with Crippen molar-refractivity contribution in [2.75, 3.05) is 0 Å². The molecule has 7 radical (unpaired) electrons. The van der Waals surface area contributed by atoms with Crippen LogP contribution in [0.1, 0.15) is 0 Å². The molecule has 22 heavy (non-hydrogen) atoms. The van der Waals surface area contributed by atoms with Crippen LogP contribution in [0, 0.1) is 32.1 Å². The normalized spacial score (nSPS) is 13.5. The molecule has 0 atom stereocenters. The van der Waals surface area contributed by atoms with Gasteiger partial charge in [-0.1, -0.05) is 0 Å². The van der Waals surface area contributed by atoms with E-state index in [-0.39, 0.29) is 23.9 Å². The summed E-state index contributed by atoms with van der Waals surface area (Å²) >= 11 is 0. The molecule has 0 unspecified atom stereocenters. The van der Waals surface area contributed by atoms with Crippen molar-refractivity contribution < 1.29 is 16.8 Å². The van der Waals surface area contributed by atoms with Crippen molar-refractivity contribution in [3.05, 3.63) is 87.5 Å². The molecule has 0 saturated heterocycles. The Hall–Kier alpha value is -1.80. The van der Waals surface area contributed by atoms with Gasteiger partial charge in [0.1, 0.15) is 0 Å². The summed E-state index contributed by atoms with van der Waals surface area (Å²) in [5.74, 6) is 0. The van der Waals surface area contributed by atoms with Gasteiger partial charge in [0.2, 0.25) is 0 Å². The van der Waals surface area contributed by atoms with Crippen LogP contribution in [0.5, 0.6) is 0 Å². The first kappa shape index (κ1) is 16.6. The molecule has 0 spiro atoms. The van der Waals surface area contributed by atoms with Crippen LogP contribution < -0.4 is 0 Å². The summed E-state index contributed by atoms with van der Waals surface area (Å²) in [6.07, 6.45) is 20.9. The molecule has 0 aliphatic heterocycles. The van der Waals surface area contributed by atoms with Crippen LogP contribution in [-0.2, 0) is 16.8 Å². The zero-order valence-corrected chi connectivity index (χ0v) is 12.7. The van der Waals surface area contributed by atoms with Gasteiger partial charge in [-0.05, 0) is 68.9 Å². The molecule has 1 saturated carbocycles. The first-order valence-corrected chi connectivity index (χ1v) is 6.59. The van der Waals surface area contributed by atoms with E-state index in [1.165, 1.54) is 0 Å². The van der Waals surface area contributed by atoms with E-state index in [0.29, 0.717) is 0 Å². The van der Waals surface area contributed by atoms with Gasteiger partial charge in [0, 0.05) is 18.6 Å². The predicted octanol–water partition coefficient (Wildman–Crippen LogP) is 1.22. The molecule has 6 nitrogen and oxygen atoms in total. The number of hydrogen-bond acceptors (Lipinski definition) is 3. The minimum absolute atomic E-state index is 0. The topological polar surface area (TPSA) is 53.5 Å². The van der Waals surface area contributed by atoms with Crippen LogP contribution >= 0.6 is 0 Å². The molecule has 1 aliphatic carbocycles. The van der Waals surface area contributed by atoms with Gasteiger partial charge >= 0.3 is 16.8 Å². The van der Waals surface area contributed by atoms with E-state index < -0.39 is 0 Å². The summed E-state index contributed by atoms with van der Waals surface area (Å²) in [7, 11) is -0.194. The van der Waals surface area contributed by atoms with Crippen molar-refractivity contribution in [1.29, 1.82) is 0 Å². The monoisotopic (exact) mass is 336 g/mol. The number of nitrogens with zero attached hydrogens (tertiary/aromatic N) is 6. The molecule has 0 aromatic carbocycles. The first-order valence-electron chi connectivity index (χ1n) is 6.59. The van der Waals surface area contributed by atoms with Gasteiger partial charge in [0.25, 0.3) is 7.12 Å². The van der Waals surface area contributed by atoms with Gasteiger partial charge in [0.05, 0.1) is 0 Å². The average molecular weight is 336 g/mol. The van der Waals surface area contributed by atoms with E-state index in [1.807, 2.05) is 68.9 Å². The minimum Gasteiger partial charge on any atom is -0.425 e. The van der Waals surface area contributed by atoms with Crippen LogP contribution in [0.25, 0.3) is 0 Å². The van der Waals surface area contributed by atoms with Crippen molar-refractivity contribution in [1.82, 2.24) is 29.1 Å². The molecule has 8 heteroatoms. The van der Waals surface area contributed by atoms with Crippen molar-refractivity contribution in [3.8, 4) is 0 Å². The molecule has 3 heterocycles. The standard InChI is InChI=1S/C9H9BN6.C5H5.Co/c1-4-11-14(7-1)10(15-8-2-5-12-15)16-9-3-6-13-16;1-2-4-5-3-1;/h1-9H;1-5H;/q-1;;+2. The van der Waals surface area contributed by atoms with E-state index >= 15 is 0 Å². The zero-order valence-electron chi connectivity index (χ0n) is 11.7. The molecule has 1 fully saturated rings. The van der Waals surface area contributed by atoms with Gasteiger partial charge < -0.3 is 13.8 Å². The first-order chi connectivity index (χ1) is 10.4. The number of hydrogen-bond donors (Lipinski definition) is 0. The quantitative estimate of drug-likeness (QED) is 0.676. The summed E-state index contributed by atoms with van der Waals surface area (Å²) in [5.41, 5.74) is 0. The van der Waals surface area contributed by atoms with Crippen LogP contribution in [0.3, 0.4) is 0 Å². The molecule has 3 aromatic heterocycles. The zero-order chi connectivity index (χ0) is 14.3. The maximum Gasteiger partial charge on any atom is 2.00 e. The van der Waals surface area contributed by atoms with Crippen molar-refractivity contribution >= 4 is 7.12 Å². The Kier molecular flexibility index (Phi) is 6.48. The van der Waals surface area contributed by atoms with Crippen molar-refractivity contribution in [2.24, 2.45) is 0 Å². The van der Waals surface area contributed by atoms with E-state index in [0.717, 1.165) is 0 Å². The van der Waals surface area contributed by atoms with E-state index in [9.17, 15) is 0 Å². The van der Waals surface area contributed by atoms with Crippen molar-refractivity contribution in [2.45, 2.75) is 0 Å². The van der Waals surface area contributed by atoms with Crippen LogP contribution in [0.15, 0.2) is 55.4 Å². The largest absolute Gasteiger partial charge is 2.00 e. The summed E-state index contributed by atoms with van der Waals surface area (Å²) < 4.78 is 5.38. The van der Waals surface area contributed by atoms with Gasteiger partial charge in [0.15, 0.2) is 0 Å². The Morgan fingerprint density at radius 1 is 0.545 bits per heavy atom. The maximum atomic E-state index is 4.22. The Balaban J connectivity index is 0.000000253. The van der Waals surface area contributed by atoms with Crippen LogP contribution in [0.2, 0.25) is 0 Å². The van der Waals surface area contributed by atoms with Gasteiger partial charge in [-0.2, -0.15) is 0 Å². The Morgan fingerprint density at radius 2 is 0.864 bits per heavy atom. The summed E-state index contributed by atoms with van der Waals surface area (Å²) in [4.78, 5) is 0. The molecule has 111 valence electrons. The maximum absolute atomic E-state index is 4.22. The molecule has 0 N–H and O–H groups in total.